The first-order valence-electron chi connectivity index (χ1n) is 9.10. The van der Waals surface area contributed by atoms with Crippen LogP contribution in [-0.4, -0.2) is 37.6 Å². The van der Waals surface area contributed by atoms with Gasteiger partial charge in [-0.15, -0.1) is 0 Å². The molecule has 1 saturated heterocycles. The fourth-order valence-corrected chi connectivity index (χ4v) is 3.55. The zero-order valence-corrected chi connectivity index (χ0v) is 15.7. The molecule has 0 bridgehead atoms. The van der Waals surface area contributed by atoms with Gasteiger partial charge in [-0.1, -0.05) is 29.8 Å². The SMILES string of the molecule is O=c1oc(CCN2CCN(c3ccccc3)CC2)c(-c2ccc(Cl)cc2)o1. The molecule has 1 aliphatic heterocycles. The number of hydrogen-bond acceptors (Lipinski definition) is 5. The van der Waals surface area contributed by atoms with E-state index in [1.807, 2.05) is 18.2 Å². The highest BCUT2D eigenvalue weighted by atomic mass is 35.5. The van der Waals surface area contributed by atoms with E-state index in [0.29, 0.717) is 23.0 Å². The molecule has 0 atom stereocenters. The van der Waals surface area contributed by atoms with Crippen LogP contribution in [0.1, 0.15) is 5.76 Å². The van der Waals surface area contributed by atoms with E-state index in [0.717, 1.165) is 38.3 Å². The van der Waals surface area contributed by atoms with Crippen molar-refractivity contribution in [1.82, 2.24) is 4.90 Å². The van der Waals surface area contributed by atoms with Crippen LogP contribution < -0.4 is 10.7 Å². The van der Waals surface area contributed by atoms with Crippen LogP contribution in [-0.2, 0) is 6.42 Å². The Morgan fingerprint density at radius 2 is 1.59 bits per heavy atom. The van der Waals surface area contributed by atoms with Crippen molar-refractivity contribution >= 4 is 17.3 Å². The second-order valence-electron chi connectivity index (χ2n) is 6.63. The molecular formula is C21H21ClN2O3. The number of piperazine rings is 1. The molecule has 6 heteroatoms. The molecule has 0 spiro atoms. The van der Waals surface area contributed by atoms with Gasteiger partial charge in [0, 0.05) is 55.4 Å². The highest BCUT2D eigenvalue weighted by Gasteiger charge is 2.20. The second-order valence-corrected chi connectivity index (χ2v) is 7.06. The van der Waals surface area contributed by atoms with Gasteiger partial charge in [0.1, 0.15) is 0 Å². The average Bonchev–Trinajstić information content (AvgIpc) is 3.08. The zero-order valence-electron chi connectivity index (χ0n) is 14.9. The molecule has 0 N–H and O–H groups in total. The monoisotopic (exact) mass is 384 g/mol. The molecule has 4 rings (SSSR count). The van der Waals surface area contributed by atoms with E-state index in [1.54, 1.807) is 12.1 Å². The maximum atomic E-state index is 11.6. The van der Waals surface area contributed by atoms with Gasteiger partial charge in [0.2, 0.25) is 0 Å². The first-order chi connectivity index (χ1) is 13.2. The lowest BCUT2D eigenvalue weighted by Crippen LogP contribution is -2.47. The summed E-state index contributed by atoms with van der Waals surface area (Å²) >= 11 is 5.94. The van der Waals surface area contributed by atoms with E-state index in [9.17, 15) is 4.79 Å². The Kier molecular flexibility index (Phi) is 5.32. The summed E-state index contributed by atoms with van der Waals surface area (Å²) in [7, 11) is 0. The van der Waals surface area contributed by atoms with Crippen molar-refractivity contribution in [3.63, 3.8) is 0 Å². The van der Waals surface area contributed by atoms with E-state index >= 15 is 0 Å². The molecule has 2 heterocycles. The standard InChI is InChI=1S/C21H21ClN2O3/c22-17-8-6-16(7-9-17)20-19(26-21(25)27-20)10-11-23-12-14-24(15-13-23)18-4-2-1-3-5-18/h1-9H,10-15H2. The molecule has 5 nitrogen and oxygen atoms in total. The van der Waals surface area contributed by atoms with Crippen molar-refractivity contribution in [2.45, 2.75) is 6.42 Å². The normalized spacial score (nSPS) is 15.2. The van der Waals surface area contributed by atoms with E-state index < -0.39 is 5.82 Å². The van der Waals surface area contributed by atoms with Gasteiger partial charge in [-0.2, -0.15) is 0 Å². The Labute approximate surface area is 162 Å². The Morgan fingerprint density at radius 1 is 0.889 bits per heavy atom. The quantitative estimate of drug-likeness (QED) is 0.667. The molecule has 140 valence electrons. The summed E-state index contributed by atoms with van der Waals surface area (Å²) in [6, 6.07) is 17.7. The molecule has 0 aliphatic carbocycles. The number of anilines is 1. The Balaban J connectivity index is 1.37. The molecule has 0 amide bonds. The molecule has 3 aromatic rings. The summed E-state index contributed by atoms with van der Waals surface area (Å²) in [5.74, 6) is 0.427. The maximum absolute atomic E-state index is 11.6. The summed E-state index contributed by atoms with van der Waals surface area (Å²) in [6.07, 6.45) is 0.634. The fraction of sp³-hybridized carbons (Fsp3) is 0.286. The number of benzene rings is 2. The lowest BCUT2D eigenvalue weighted by molar-refractivity contribution is 0.254. The second kappa shape index (κ2) is 8.03. The van der Waals surface area contributed by atoms with Crippen molar-refractivity contribution < 1.29 is 8.83 Å². The van der Waals surface area contributed by atoms with Gasteiger partial charge < -0.3 is 13.7 Å². The zero-order chi connectivity index (χ0) is 18.6. The van der Waals surface area contributed by atoms with Crippen LogP contribution in [0.2, 0.25) is 5.02 Å². The average molecular weight is 385 g/mol. The first kappa shape index (κ1) is 17.9. The first-order valence-corrected chi connectivity index (χ1v) is 9.48. The lowest BCUT2D eigenvalue weighted by atomic mass is 10.1. The van der Waals surface area contributed by atoms with Crippen LogP contribution in [0.25, 0.3) is 11.3 Å². The maximum Gasteiger partial charge on any atom is 0.519 e. The summed E-state index contributed by atoms with van der Waals surface area (Å²) in [5, 5.41) is 0.641. The molecule has 0 unspecified atom stereocenters. The van der Waals surface area contributed by atoms with Gasteiger partial charge in [0.15, 0.2) is 11.5 Å². The van der Waals surface area contributed by atoms with Crippen LogP contribution in [0.3, 0.4) is 0 Å². The van der Waals surface area contributed by atoms with Gasteiger partial charge in [-0.3, -0.25) is 4.90 Å². The molecule has 1 aromatic heterocycles. The minimum atomic E-state index is -0.663. The smallest absolute Gasteiger partial charge is 0.395 e. The number of hydrogen-bond donors (Lipinski definition) is 0. The van der Waals surface area contributed by atoms with Crippen LogP contribution >= 0.6 is 11.6 Å². The number of nitrogens with zero attached hydrogens (tertiary/aromatic N) is 2. The molecule has 2 aromatic carbocycles. The van der Waals surface area contributed by atoms with Gasteiger partial charge >= 0.3 is 5.82 Å². The van der Waals surface area contributed by atoms with Crippen molar-refractivity contribution in [2.24, 2.45) is 0 Å². The molecule has 0 saturated carbocycles. The lowest BCUT2D eigenvalue weighted by Gasteiger charge is -2.36. The topological polar surface area (TPSA) is 49.8 Å². The molecular weight excluding hydrogens is 364 g/mol. The van der Waals surface area contributed by atoms with Gasteiger partial charge in [-0.05, 0) is 36.4 Å². The van der Waals surface area contributed by atoms with Crippen LogP contribution in [0.15, 0.2) is 68.2 Å². The third kappa shape index (κ3) is 4.26. The van der Waals surface area contributed by atoms with E-state index in [2.05, 4.69) is 34.1 Å². The fourth-order valence-electron chi connectivity index (χ4n) is 3.42. The van der Waals surface area contributed by atoms with Crippen molar-refractivity contribution in [1.29, 1.82) is 0 Å². The Bertz CT molecular complexity index is 926. The highest BCUT2D eigenvalue weighted by molar-refractivity contribution is 6.30. The largest absolute Gasteiger partial charge is 0.519 e. The summed E-state index contributed by atoms with van der Waals surface area (Å²) in [5.41, 5.74) is 2.07. The number of rotatable bonds is 5. The predicted molar refractivity (Wildman–Crippen MR) is 106 cm³/mol. The number of para-hydroxylation sites is 1. The van der Waals surface area contributed by atoms with Crippen molar-refractivity contribution in [3.8, 4) is 11.3 Å². The van der Waals surface area contributed by atoms with Crippen molar-refractivity contribution in [2.75, 3.05) is 37.6 Å². The predicted octanol–water partition coefficient (Wildman–Crippen LogP) is 3.92. The van der Waals surface area contributed by atoms with Crippen LogP contribution in [0.4, 0.5) is 5.69 Å². The molecule has 27 heavy (non-hydrogen) atoms. The third-order valence-corrected chi connectivity index (χ3v) is 5.15. The minimum absolute atomic E-state index is 0.500. The van der Waals surface area contributed by atoms with E-state index in [4.69, 9.17) is 20.4 Å². The highest BCUT2D eigenvalue weighted by Crippen LogP contribution is 2.25. The van der Waals surface area contributed by atoms with Gasteiger partial charge in [0.25, 0.3) is 0 Å². The Hall–Kier alpha value is -2.50. The number of halogens is 1. The summed E-state index contributed by atoms with van der Waals surface area (Å²) < 4.78 is 10.6. The minimum Gasteiger partial charge on any atom is -0.395 e. The molecule has 0 radical (unpaired) electrons. The van der Waals surface area contributed by atoms with Crippen molar-refractivity contribution in [3.05, 3.63) is 76.0 Å². The Morgan fingerprint density at radius 3 is 2.30 bits per heavy atom. The van der Waals surface area contributed by atoms with Gasteiger partial charge in [0.05, 0.1) is 0 Å². The van der Waals surface area contributed by atoms with Crippen LogP contribution in [0, 0.1) is 0 Å². The van der Waals surface area contributed by atoms with Crippen LogP contribution in [0.5, 0.6) is 0 Å². The van der Waals surface area contributed by atoms with E-state index in [-0.39, 0.29) is 0 Å². The van der Waals surface area contributed by atoms with E-state index in [1.165, 1.54) is 5.69 Å². The summed E-state index contributed by atoms with van der Waals surface area (Å²) in [6.45, 7) is 4.76. The summed E-state index contributed by atoms with van der Waals surface area (Å²) in [4.78, 5) is 16.4. The molecule has 1 aliphatic rings. The third-order valence-electron chi connectivity index (χ3n) is 4.90. The molecule has 1 fully saturated rings. The van der Waals surface area contributed by atoms with Gasteiger partial charge in [-0.25, -0.2) is 4.79 Å².